The Balaban J connectivity index is 3.00. The van der Waals surface area contributed by atoms with Gasteiger partial charge in [0.05, 0.1) is 0 Å². The van der Waals surface area contributed by atoms with E-state index in [1.54, 1.807) is 10.8 Å². The van der Waals surface area contributed by atoms with Gasteiger partial charge in [0.15, 0.2) is 0 Å². The average Bonchev–Trinajstić information content (AvgIpc) is 2.42. The summed E-state index contributed by atoms with van der Waals surface area (Å²) >= 11 is 13.1. The van der Waals surface area contributed by atoms with Gasteiger partial charge in [0.25, 0.3) is 0 Å². The van der Waals surface area contributed by atoms with Crippen LogP contribution in [-0.4, -0.2) is 5.75 Å². The van der Waals surface area contributed by atoms with Gasteiger partial charge < -0.3 is 0 Å². The van der Waals surface area contributed by atoms with E-state index in [0.29, 0.717) is 0 Å². The summed E-state index contributed by atoms with van der Waals surface area (Å²) < 4.78 is 0. The van der Waals surface area contributed by atoms with Crippen molar-refractivity contribution < 1.29 is 0 Å². The Morgan fingerprint density at radius 1 is 0.571 bits per heavy atom. The summed E-state index contributed by atoms with van der Waals surface area (Å²) in [5.74, 6) is 1.16. The SMILES string of the molecule is CCCCCCCCCCCCCCCCSS(S)(S)S. The third kappa shape index (κ3) is 21.8. The summed E-state index contributed by atoms with van der Waals surface area (Å²) in [4.78, 5) is 0. The van der Waals surface area contributed by atoms with E-state index in [4.69, 9.17) is 0 Å². The zero-order chi connectivity index (χ0) is 15.8. The summed E-state index contributed by atoms with van der Waals surface area (Å²) in [5, 5.41) is 0. The molecule has 0 amide bonds. The van der Waals surface area contributed by atoms with Crippen LogP contribution in [0.15, 0.2) is 0 Å². The summed E-state index contributed by atoms with van der Waals surface area (Å²) in [5.41, 5.74) is 0. The molecule has 0 saturated carbocycles. The Morgan fingerprint density at radius 2 is 0.905 bits per heavy atom. The number of hydrogen-bond acceptors (Lipinski definition) is 4. The molecule has 0 bridgehead atoms. The van der Waals surface area contributed by atoms with Gasteiger partial charge in [-0.15, -0.1) is 35.0 Å². The molecule has 0 rings (SSSR count). The first kappa shape index (κ1) is 22.8. The molecule has 0 radical (unpaired) electrons. The van der Waals surface area contributed by atoms with Crippen LogP contribution >= 0.6 is 51.9 Å². The third-order valence-electron chi connectivity index (χ3n) is 3.74. The highest BCUT2D eigenvalue weighted by molar-refractivity contribution is 9.61. The Kier molecular flexibility index (Phi) is 18.0. The summed E-state index contributed by atoms with van der Waals surface area (Å²) in [6.45, 7) is 2.29. The predicted molar refractivity (Wildman–Crippen MR) is 117 cm³/mol. The maximum atomic E-state index is 4.35. The molecule has 0 fully saturated rings. The second kappa shape index (κ2) is 16.6. The van der Waals surface area contributed by atoms with Crippen molar-refractivity contribution in [3.05, 3.63) is 0 Å². The van der Waals surface area contributed by atoms with Gasteiger partial charge in [-0.1, -0.05) is 107 Å². The van der Waals surface area contributed by atoms with Gasteiger partial charge in [-0.2, -0.15) is 0 Å². The molecule has 0 unspecified atom stereocenters. The lowest BCUT2D eigenvalue weighted by molar-refractivity contribution is 0.538. The molecule has 0 atom stereocenters. The standard InChI is InChI=1S/C16H36S5/c1-2-3-4-5-6-7-8-9-10-11-12-13-14-15-16-20-21(17,18)19/h17-19H,2-16H2,1H3. The first-order valence-corrected chi connectivity index (χ1v) is 15.0. The maximum Gasteiger partial charge on any atom is 0.00443 e. The average molecular weight is 389 g/mol. The molecule has 130 valence electrons. The van der Waals surface area contributed by atoms with Crippen LogP contribution in [0.5, 0.6) is 0 Å². The molecule has 0 aliphatic heterocycles. The van der Waals surface area contributed by atoms with Crippen molar-refractivity contribution in [1.29, 1.82) is 0 Å². The number of unbranched alkanes of at least 4 members (excludes halogenated alkanes) is 13. The van der Waals surface area contributed by atoms with E-state index in [0.717, 1.165) is 5.75 Å². The minimum absolute atomic E-state index is 1.16. The fourth-order valence-electron chi connectivity index (χ4n) is 2.47. The molecule has 0 aromatic rings. The monoisotopic (exact) mass is 388 g/mol. The maximum absolute atomic E-state index is 4.35. The fraction of sp³-hybridized carbons (Fsp3) is 1.00. The predicted octanol–water partition coefficient (Wildman–Crippen LogP) is 8.45. The molecule has 21 heavy (non-hydrogen) atoms. The van der Waals surface area contributed by atoms with Crippen molar-refractivity contribution in [2.45, 2.75) is 96.8 Å². The van der Waals surface area contributed by atoms with E-state index in [2.05, 4.69) is 41.9 Å². The first-order chi connectivity index (χ1) is 10.1. The molecule has 0 aliphatic carbocycles. The summed E-state index contributed by atoms with van der Waals surface area (Å²) in [6.07, 6.45) is 18.6. The van der Waals surface area contributed by atoms with Crippen LogP contribution in [0.4, 0.5) is 0 Å². The van der Waals surface area contributed by atoms with E-state index in [1.807, 2.05) is 0 Å². The normalized spacial score (nSPS) is 12.8. The van der Waals surface area contributed by atoms with Crippen LogP contribution in [0.2, 0.25) is 0 Å². The van der Waals surface area contributed by atoms with Crippen molar-refractivity contribution in [1.82, 2.24) is 0 Å². The lowest BCUT2D eigenvalue weighted by atomic mass is 10.0. The first-order valence-electron chi connectivity index (χ1n) is 8.71. The smallest absolute Gasteiger partial charge is 0.00443 e. The highest BCUT2D eigenvalue weighted by Crippen LogP contribution is 2.71. The van der Waals surface area contributed by atoms with Crippen LogP contribution in [-0.2, 0) is 0 Å². The van der Waals surface area contributed by atoms with E-state index >= 15 is 0 Å². The minimum Gasteiger partial charge on any atom is -0.102 e. The largest absolute Gasteiger partial charge is 0.102 e. The molecule has 0 spiro atoms. The Bertz CT molecular complexity index is 203. The molecule has 0 nitrogen and oxygen atoms in total. The fourth-order valence-corrected chi connectivity index (χ4v) is 6.05. The van der Waals surface area contributed by atoms with Crippen molar-refractivity contribution in [3.63, 3.8) is 0 Å². The molecule has 0 saturated heterocycles. The van der Waals surface area contributed by atoms with Gasteiger partial charge in [0.1, 0.15) is 0 Å². The highest BCUT2D eigenvalue weighted by atomic mass is 34.1. The van der Waals surface area contributed by atoms with Crippen molar-refractivity contribution in [3.8, 4) is 0 Å². The highest BCUT2D eigenvalue weighted by Gasteiger charge is 2.06. The van der Waals surface area contributed by atoms with E-state index in [1.165, 1.54) is 89.9 Å². The van der Waals surface area contributed by atoms with Crippen molar-refractivity contribution in [2.24, 2.45) is 0 Å². The number of hydrogen-bond donors (Lipinski definition) is 3. The van der Waals surface area contributed by atoms with Gasteiger partial charge >= 0.3 is 0 Å². The van der Waals surface area contributed by atoms with Crippen LogP contribution in [0.1, 0.15) is 96.8 Å². The minimum atomic E-state index is -1.24. The lowest BCUT2D eigenvalue weighted by Crippen LogP contribution is -1.84. The van der Waals surface area contributed by atoms with E-state index < -0.39 is 6.16 Å². The molecule has 0 N–H and O–H groups in total. The van der Waals surface area contributed by atoms with Crippen LogP contribution in [0, 0.1) is 0 Å². The van der Waals surface area contributed by atoms with Gasteiger partial charge in [-0.25, -0.2) is 0 Å². The van der Waals surface area contributed by atoms with Gasteiger partial charge in [0.2, 0.25) is 0 Å². The molecular formula is C16H36S5. The van der Waals surface area contributed by atoms with Crippen LogP contribution in [0.25, 0.3) is 0 Å². The Hall–Kier alpha value is 1.75. The number of rotatable bonds is 16. The van der Waals surface area contributed by atoms with Gasteiger partial charge in [0, 0.05) is 5.75 Å². The zero-order valence-corrected chi connectivity index (χ0v) is 18.1. The number of thiol groups is 3. The molecule has 0 aromatic carbocycles. The second-order valence-corrected chi connectivity index (χ2v) is 19.4. The quantitative estimate of drug-likeness (QED) is 0.135. The molecule has 0 aliphatic rings. The zero-order valence-electron chi connectivity index (χ0n) is 13.8. The molecule has 0 aromatic heterocycles. The van der Waals surface area contributed by atoms with Gasteiger partial charge in [-0.05, 0) is 6.42 Å². The van der Waals surface area contributed by atoms with E-state index in [-0.39, 0.29) is 0 Å². The third-order valence-corrected chi connectivity index (χ3v) is 8.81. The van der Waals surface area contributed by atoms with Crippen LogP contribution < -0.4 is 0 Å². The topological polar surface area (TPSA) is 0 Å². The van der Waals surface area contributed by atoms with Gasteiger partial charge in [-0.3, -0.25) is 0 Å². The van der Waals surface area contributed by atoms with E-state index in [9.17, 15) is 0 Å². The Labute approximate surface area is 153 Å². The lowest BCUT2D eigenvalue weighted by Gasteiger charge is -2.19. The molecule has 0 heterocycles. The molecular weight excluding hydrogens is 353 g/mol. The second-order valence-electron chi connectivity index (χ2n) is 5.89. The summed E-state index contributed by atoms with van der Waals surface area (Å²) in [7, 11) is 1.79. The molecule has 5 heteroatoms. The summed E-state index contributed by atoms with van der Waals surface area (Å²) in [6, 6.07) is 0. The van der Waals surface area contributed by atoms with Crippen LogP contribution in [0.3, 0.4) is 0 Å². The van der Waals surface area contributed by atoms with Crippen molar-refractivity contribution in [2.75, 3.05) is 5.75 Å². The van der Waals surface area contributed by atoms with Crippen molar-refractivity contribution >= 4 is 51.9 Å². The Morgan fingerprint density at radius 3 is 1.24 bits per heavy atom.